The fourth-order valence-electron chi connectivity index (χ4n) is 1.20. The van der Waals surface area contributed by atoms with E-state index in [0.717, 1.165) is 0 Å². The Balaban J connectivity index is 2.30. The number of rotatable bonds is 3. The molecule has 0 fully saturated rings. The Morgan fingerprint density at radius 3 is 2.41 bits per heavy atom. The molecule has 0 bridgehead atoms. The summed E-state index contributed by atoms with van der Waals surface area (Å²) >= 11 is 0. The molecule has 88 valence electrons. The van der Waals surface area contributed by atoms with Crippen molar-refractivity contribution in [3.63, 3.8) is 0 Å². The molecule has 0 aliphatic heterocycles. The second-order valence-electron chi connectivity index (χ2n) is 3.14. The lowest BCUT2D eigenvalue weighted by Gasteiger charge is -1.95. The number of hydrogen-bond donors (Lipinski definition) is 1. The summed E-state index contributed by atoms with van der Waals surface area (Å²) in [5.74, 6) is -1.84. The normalized spacial score (nSPS) is 10.8. The van der Waals surface area contributed by atoms with E-state index in [1.165, 1.54) is 24.3 Å². The minimum Gasteiger partial charge on any atom is -0.478 e. The van der Waals surface area contributed by atoms with Crippen LogP contribution in [0.3, 0.4) is 0 Å². The first-order chi connectivity index (χ1) is 8.08. The van der Waals surface area contributed by atoms with E-state index in [4.69, 9.17) is 5.11 Å². The van der Waals surface area contributed by atoms with Gasteiger partial charge in [0.05, 0.1) is 5.56 Å². The highest BCUT2D eigenvalue weighted by atomic mass is 19.3. The van der Waals surface area contributed by atoms with Gasteiger partial charge in [0.2, 0.25) is 5.82 Å². The van der Waals surface area contributed by atoms with E-state index in [2.05, 4.69) is 14.7 Å². The quantitative estimate of drug-likeness (QED) is 0.891. The lowest BCUT2D eigenvalue weighted by atomic mass is 10.1. The molecular formula is C10H6F2N2O3. The Hall–Kier alpha value is -2.31. The van der Waals surface area contributed by atoms with Crippen molar-refractivity contribution in [2.45, 2.75) is 6.43 Å². The number of nitrogens with zero attached hydrogens (tertiary/aromatic N) is 2. The lowest BCUT2D eigenvalue weighted by molar-refractivity contribution is 0.0697. The average Bonchev–Trinajstić information content (AvgIpc) is 2.78. The van der Waals surface area contributed by atoms with Gasteiger partial charge in [-0.2, -0.15) is 13.8 Å². The van der Waals surface area contributed by atoms with Gasteiger partial charge in [-0.05, 0) is 12.1 Å². The van der Waals surface area contributed by atoms with Crippen LogP contribution in [0.15, 0.2) is 28.8 Å². The van der Waals surface area contributed by atoms with Crippen molar-refractivity contribution in [1.82, 2.24) is 10.1 Å². The van der Waals surface area contributed by atoms with Gasteiger partial charge >= 0.3 is 12.4 Å². The minimum absolute atomic E-state index is 0.00256. The molecule has 2 rings (SSSR count). The van der Waals surface area contributed by atoms with Crippen molar-refractivity contribution in [3.8, 4) is 11.4 Å². The van der Waals surface area contributed by atoms with E-state index in [9.17, 15) is 13.6 Å². The molecule has 17 heavy (non-hydrogen) atoms. The van der Waals surface area contributed by atoms with Gasteiger partial charge in [-0.15, -0.1) is 0 Å². The zero-order valence-corrected chi connectivity index (χ0v) is 8.30. The van der Waals surface area contributed by atoms with Crippen LogP contribution in [-0.2, 0) is 0 Å². The molecule has 0 atom stereocenters. The maximum atomic E-state index is 12.2. The Morgan fingerprint density at radius 2 is 1.94 bits per heavy atom. The van der Waals surface area contributed by atoms with Gasteiger partial charge in [0, 0.05) is 5.56 Å². The van der Waals surface area contributed by atoms with Crippen LogP contribution in [0.1, 0.15) is 22.7 Å². The SMILES string of the molecule is O=C(O)c1ccc(-c2noc(C(F)F)n2)cc1. The Bertz CT molecular complexity index is 537. The van der Waals surface area contributed by atoms with Crippen molar-refractivity contribution in [2.24, 2.45) is 0 Å². The first-order valence-corrected chi connectivity index (χ1v) is 4.53. The number of aromatic carboxylic acids is 1. The first-order valence-electron chi connectivity index (χ1n) is 4.53. The first kappa shape index (κ1) is 11.2. The third-order valence-corrected chi connectivity index (χ3v) is 2.02. The predicted octanol–water partition coefficient (Wildman–Crippen LogP) is 2.37. The summed E-state index contributed by atoms with van der Waals surface area (Å²) < 4.78 is 28.7. The zero-order valence-electron chi connectivity index (χ0n) is 8.30. The number of carboxylic acid groups (broad SMARTS) is 1. The standard InChI is InChI=1S/C10H6F2N2O3/c11-7(12)9-13-8(14-17-9)5-1-3-6(4-2-5)10(15)16/h1-4,7H,(H,15,16). The second kappa shape index (κ2) is 4.28. The van der Waals surface area contributed by atoms with Gasteiger partial charge in [-0.25, -0.2) is 4.79 Å². The molecule has 0 saturated heterocycles. The van der Waals surface area contributed by atoms with Crippen molar-refractivity contribution in [1.29, 1.82) is 0 Å². The monoisotopic (exact) mass is 240 g/mol. The van der Waals surface area contributed by atoms with Crippen LogP contribution in [0.5, 0.6) is 0 Å². The predicted molar refractivity (Wildman–Crippen MR) is 51.7 cm³/mol. The molecule has 0 aliphatic rings. The number of aromatic nitrogens is 2. The summed E-state index contributed by atoms with van der Waals surface area (Å²) in [5, 5.41) is 12.0. The smallest absolute Gasteiger partial charge is 0.335 e. The molecular weight excluding hydrogens is 234 g/mol. The Morgan fingerprint density at radius 1 is 1.29 bits per heavy atom. The maximum Gasteiger partial charge on any atom is 0.335 e. The Kier molecular flexibility index (Phi) is 2.82. The van der Waals surface area contributed by atoms with Crippen LogP contribution in [-0.4, -0.2) is 21.2 Å². The number of halogens is 2. The fourth-order valence-corrected chi connectivity index (χ4v) is 1.20. The number of hydrogen-bond acceptors (Lipinski definition) is 4. The van der Waals surface area contributed by atoms with Crippen molar-refractivity contribution >= 4 is 5.97 Å². The number of carbonyl (C=O) groups is 1. The van der Waals surface area contributed by atoms with Gasteiger partial charge in [0.25, 0.3) is 5.89 Å². The second-order valence-corrected chi connectivity index (χ2v) is 3.14. The van der Waals surface area contributed by atoms with E-state index in [1.54, 1.807) is 0 Å². The molecule has 0 aliphatic carbocycles. The zero-order chi connectivity index (χ0) is 12.4. The summed E-state index contributed by atoms with van der Waals surface area (Å²) in [4.78, 5) is 14.1. The van der Waals surface area contributed by atoms with Crippen LogP contribution in [0.25, 0.3) is 11.4 Å². The van der Waals surface area contributed by atoms with E-state index in [0.29, 0.717) is 5.56 Å². The summed E-state index contributed by atoms with van der Waals surface area (Å²) in [6, 6.07) is 5.50. The van der Waals surface area contributed by atoms with Gasteiger partial charge in [-0.3, -0.25) is 0 Å². The topological polar surface area (TPSA) is 76.2 Å². The van der Waals surface area contributed by atoms with Crippen LogP contribution in [0.4, 0.5) is 8.78 Å². The van der Waals surface area contributed by atoms with E-state index in [-0.39, 0.29) is 11.4 Å². The molecule has 7 heteroatoms. The van der Waals surface area contributed by atoms with E-state index in [1.807, 2.05) is 0 Å². The highest BCUT2D eigenvalue weighted by Crippen LogP contribution is 2.21. The molecule has 1 N–H and O–H groups in total. The Labute approximate surface area is 93.7 Å². The van der Waals surface area contributed by atoms with Gasteiger partial charge in [0.15, 0.2) is 0 Å². The van der Waals surface area contributed by atoms with Gasteiger partial charge in [-0.1, -0.05) is 17.3 Å². The third kappa shape index (κ3) is 2.27. The summed E-state index contributed by atoms with van der Waals surface area (Å²) in [6.45, 7) is 0. The van der Waals surface area contributed by atoms with Gasteiger partial charge in [0.1, 0.15) is 0 Å². The fraction of sp³-hybridized carbons (Fsp3) is 0.100. The van der Waals surface area contributed by atoms with Crippen LogP contribution in [0.2, 0.25) is 0 Å². The number of benzene rings is 1. The molecule has 0 unspecified atom stereocenters. The minimum atomic E-state index is -2.82. The molecule has 1 heterocycles. The summed E-state index contributed by atoms with van der Waals surface area (Å²) in [7, 11) is 0. The summed E-state index contributed by atoms with van der Waals surface area (Å²) in [5.41, 5.74) is 0.497. The molecule has 5 nitrogen and oxygen atoms in total. The van der Waals surface area contributed by atoms with Crippen LogP contribution in [0, 0.1) is 0 Å². The van der Waals surface area contributed by atoms with E-state index < -0.39 is 18.3 Å². The molecule has 0 amide bonds. The van der Waals surface area contributed by atoms with Crippen molar-refractivity contribution < 1.29 is 23.2 Å². The van der Waals surface area contributed by atoms with Crippen molar-refractivity contribution in [3.05, 3.63) is 35.7 Å². The van der Waals surface area contributed by atoms with Gasteiger partial charge < -0.3 is 9.63 Å². The molecule has 0 radical (unpaired) electrons. The molecule has 0 spiro atoms. The number of alkyl halides is 2. The van der Waals surface area contributed by atoms with E-state index >= 15 is 0 Å². The van der Waals surface area contributed by atoms with Crippen molar-refractivity contribution in [2.75, 3.05) is 0 Å². The highest BCUT2D eigenvalue weighted by molar-refractivity contribution is 5.88. The lowest BCUT2D eigenvalue weighted by Crippen LogP contribution is -1.95. The maximum absolute atomic E-state index is 12.2. The van der Waals surface area contributed by atoms with Crippen LogP contribution < -0.4 is 0 Å². The number of carboxylic acids is 1. The summed E-state index contributed by atoms with van der Waals surface area (Å²) in [6.07, 6.45) is -2.82. The molecule has 1 aromatic carbocycles. The third-order valence-electron chi connectivity index (χ3n) is 2.02. The molecule has 1 aromatic heterocycles. The average molecular weight is 240 g/mol. The van der Waals surface area contributed by atoms with Crippen LogP contribution >= 0.6 is 0 Å². The largest absolute Gasteiger partial charge is 0.478 e. The molecule has 0 saturated carbocycles. The highest BCUT2D eigenvalue weighted by Gasteiger charge is 2.17. The molecule has 2 aromatic rings.